The van der Waals surface area contributed by atoms with E-state index in [0.29, 0.717) is 31.1 Å². The van der Waals surface area contributed by atoms with Gasteiger partial charge in [0.15, 0.2) is 16.7 Å². The molecular weight excluding hydrogens is 554 g/mol. The molecule has 0 radical (unpaired) electrons. The number of carbonyl (C=O) groups is 4. The lowest BCUT2D eigenvalue weighted by Crippen LogP contribution is -2.42. The molecule has 212 valence electrons. The van der Waals surface area contributed by atoms with Crippen molar-refractivity contribution < 1.29 is 51.3 Å². The monoisotopic (exact) mass is 577 g/mol. The summed E-state index contributed by atoms with van der Waals surface area (Å²) in [4.78, 5) is 51.0. The van der Waals surface area contributed by atoms with Crippen molar-refractivity contribution in [1.29, 1.82) is 5.41 Å². The van der Waals surface area contributed by atoms with Crippen molar-refractivity contribution in [3.8, 4) is 5.75 Å². The SMILES string of the molecule is COC(=O)CNC(=O)C1CCN(c2ncc(C(=O)Oc3ccc(C(=N)N)cc3F)s2)CC1.O=C(O)C(F)(F)F. The summed E-state index contributed by atoms with van der Waals surface area (Å²) in [6.45, 7) is 0.949. The molecule has 0 aliphatic carbocycles. The number of nitrogens with two attached hydrogens (primary N) is 1. The van der Waals surface area contributed by atoms with Crippen LogP contribution in [0.15, 0.2) is 24.4 Å². The number of nitrogens with zero attached hydrogens (tertiary/aromatic N) is 2. The highest BCUT2D eigenvalue weighted by atomic mass is 32.1. The van der Waals surface area contributed by atoms with Crippen LogP contribution in [0.5, 0.6) is 5.75 Å². The molecule has 5 N–H and O–H groups in total. The summed E-state index contributed by atoms with van der Waals surface area (Å²) in [7, 11) is 1.26. The van der Waals surface area contributed by atoms with E-state index in [-0.39, 0.29) is 40.4 Å². The topological polar surface area (TPSA) is 185 Å². The number of ether oxygens (including phenoxy) is 2. The van der Waals surface area contributed by atoms with Gasteiger partial charge in [-0.15, -0.1) is 0 Å². The number of hydrogen-bond acceptors (Lipinski definition) is 10. The summed E-state index contributed by atoms with van der Waals surface area (Å²) >= 11 is 1.11. The summed E-state index contributed by atoms with van der Waals surface area (Å²) < 4.78 is 55.4. The van der Waals surface area contributed by atoms with E-state index in [1.807, 2.05) is 4.90 Å². The van der Waals surface area contributed by atoms with Crippen LogP contribution in [0.4, 0.5) is 22.7 Å². The molecule has 1 aliphatic heterocycles. The number of methoxy groups -OCH3 is 1. The Balaban J connectivity index is 0.000000673. The van der Waals surface area contributed by atoms with E-state index in [4.69, 9.17) is 25.8 Å². The highest BCUT2D eigenvalue weighted by molar-refractivity contribution is 7.17. The first-order valence-electron chi connectivity index (χ1n) is 10.9. The number of nitrogens with one attached hydrogen (secondary N) is 2. The Bertz CT molecular complexity index is 1230. The zero-order valence-corrected chi connectivity index (χ0v) is 21.0. The van der Waals surface area contributed by atoms with Gasteiger partial charge in [-0.1, -0.05) is 11.3 Å². The maximum absolute atomic E-state index is 14.1. The molecule has 12 nitrogen and oxygen atoms in total. The Hall–Kier alpha value is -4.28. The highest BCUT2D eigenvalue weighted by Gasteiger charge is 2.38. The average Bonchev–Trinajstić information content (AvgIpc) is 3.38. The number of esters is 2. The quantitative estimate of drug-likeness (QED) is 0.125. The number of nitrogen functional groups attached to an aromatic ring is 1. The molecule has 17 heteroatoms. The minimum Gasteiger partial charge on any atom is -0.475 e. The second-order valence-corrected chi connectivity index (χ2v) is 8.82. The fraction of sp³-hybridized carbons (Fsp3) is 0.364. The summed E-state index contributed by atoms with van der Waals surface area (Å²) in [6.07, 6.45) is -2.58. The molecule has 1 fully saturated rings. The van der Waals surface area contributed by atoms with E-state index in [1.54, 1.807) is 0 Å². The number of hydrogen-bond donors (Lipinski definition) is 4. The lowest BCUT2D eigenvalue weighted by molar-refractivity contribution is -0.192. The number of thiazole rings is 1. The van der Waals surface area contributed by atoms with Crippen LogP contribution in [-0.2, 0) is 19.1 Å². The van der Waals surface area contributed by atoms with Crippen LogP contribution < -0.4 is 20.7 Å². The van der Waals surface area contributed by atoms with Crippen LogP contribution in [0.25, 0.3) is 0 Å². The summed E-state index contributed by atoms with van der Waals surface area (Å²) in [5.41, 5.74) is 5.50. The van der Waals surface area contributed by atoms with E-state index in [9.17, 15) is 31.9 Å². The number of carbonyl (C=O) groups excluding carboxylic acids is 3. The molecule has 0 unspecified atom stereocenters. The summed E-state index contributed by atoms with van der Waals surface area (Å²) in [5.74, 6) is -5.80. The zero-order chi connectivity index (χ0) is 29.3. The third kappa shape index (κ3) is 9.20. The molecule has 0 saturated carbocycles. The van der Waals surface area contributed by atoms with Crippen LogP contribution in [-0.4, -0.2) is 72.7 Å². The van der Waals surface area contributed by atoms with Crippen molar-refractivity contribution in [2.75, 3.05) is 31.6 Å². The Morgan fingerprint density at radius 1 is 1.26 bits per heavy atom. The Kier molecular flexibility index (Phi) is 10.7. The van der Waals surface area contributed by atoms with Crippen molar-refractivity contribution in [3.05, 3.63) is 40.7 Å². The number of amides is 1. The fourth-order valence-electron chi connectivity index (χ4n) is 3.12. The maximum Gasteiger partial charge on any atom is 0.490 e. The van der Waals surface area contributed by atoms with Gasteiger partial charge in [-0.05, 0) is 31.0 Å². The van der Waals surface area contributed by atoms with Gasteiger partial charge in [0, 0.05) is 24.6 Å². The summed E-state index contributed by atoms with van der Waals surface area (Å²) in [5, 5.41) is 17.6. The van der Waals surface area contributed by atoms with Crippen molar-refractivity contribution in [1.82, 2.24) is 10.3 Å². The molecule has 1 aromatic carbocycles. The van der Waals surface area contributed by atoms with E-state index in [0.717, 1.165) is 17.4 Å². The highest BCUT2D eigenvalue weighted by Crippen LogP contribution is 2.29. The van der Waals surface area contributed by atoms with E-state index < -0.39 is 29.9 Å². The number of carboxylic acid groups (broad SMARTS) is 1. The van der Waals surface area contributed by atoms with Gasteiger partial charge in [-0.3, -0.25) is 15.0 Å². The number of amidine groups is 1. The molecule has 1 aromatic heterocycles. The smallest absolute Gasteiger partial charge is 0.475 e. The molecule has 2 aromatic rings. The van der Waals surface area contributed by atoms with Crippen LogP contribution in [0.2, 0.25) is 0 Å². The number of halogens is 4. The number of piperidine rings is 1. The molecule has 0 spiro atoms. The third-order valence-corrected chi connectivity index (χ3v) is 6.19. The molecule has 1 saturated heterocycles. The first-order valence-corrected chi connectivity index (χ1v) is 11.8. The Morgan fingerprint density at radius 2 is 1.87 bits per heavy atom. The predicted octanol–water partition coefficient (Wildman–Crippen LogP) is 1.92. The van der Waals surface area contributed by atoms with E-state index in [2.05, 4.69) is 15.0 Å². The van der Waals surface area contributed by atoms with Crippen molar-refractivity contribution in [2.45, 2.75) is 19.0 Å². The van der Waals surface area contributed by atoms with Gasteiger partial charge in [0.2, 0.25) is 5.91 Å². The van der Waals surface area contributed by atoms with Gasteiger partial charge in [0.1, 0.15) is 17.3 Å². The second-order valence-electron chi connectivity index (χ2n) is 7.81. The van der Waals surface area contributed by atoms with Gasteiger partial charge in [-0.2, -0.15) is 13.2 Å². The van der Waals surface area contributed by atoms with Crippen molar-refractivity contribution in [3.63, 3.8) is 0 Å². The first kappa shape index (κ1) is 30.9. The number of anilines is 1. The van der Waals surface area contributed by atoms with Crippen LogP contribution >= 0.6 is 11.3 Å². The van der Waals surface area contributed by atoms with Crippen LogP contribution in [0.1, 0.15) is 28.1 Å². The van der Waals surface area contributed by atoms with Crippen molar-refractivity contribution >= 4 is 46.1 Å². The largest absolute Gasteiger partial charge is 0.490 e. The first-order chi connectivity index (χ1) is 18.2. The van der Waals surface area contributed by atoms with Gasteiger partial charge < -0.3 is 30.5 Å². The van der Waals surface area contributed by atoms with Crippen molar-refractivity contribution in [2.24, 2.45) is 11.7 Å². The number of rotatable bonds is 7. The minimum atomic E-state index is -5.08. The number of carboxylic acids is 1. The van der Waals surface area contributed by atoms with E-state index >= 15 is 0 Å². The van der Waals surface area contributed by atoms with Gasteiger partial charge >= 0.3 is 24.1 Å². The lowest BCUT2D eigenvalue weighted by atomic mass is 9.96. The van der Waals surface area contributed by atoms with E-state index in [1.165, 1.54) is 25.4 Å². The molecule has 2 heterocycles. The number of aliphatic carboxylic acids is 1. The zero-order valence-electron chi connectivity index (χ0n) is 20.2. The average molecular weight is 578 g/mol. The molecule has 1 amide bonds. The maximum atomic E-state index is 14.1. The second kappa shape index (κ2) is 13.5. The predicted molar refractivity (Wildman–Crippen MR) is 128 cm³/mol. The molecule has 3 rings (SSSR count). The fourth-order valence-corrected chi connectivity index (χ4v) is 3.96. The van der Waals surface area contributed by atoms with Gasteiger partial charge in [0.05, 0.1) is 13.3 Å². The van der Waals surface area contributed by atoms with Crippen LogP contribution in [0, 0.1) is 17.1 Å². The molecule has 0 atom stereocenters. The Morgan fingerprint density at radius 3 is 2.38 bits per heavy atom. The Labute approximate surface area is 222 Å². The van der Waals surface area contributed by atoms with Gasteiger partial charge in [0.25, 0.3) is 0 Å². The number of benzene rings is 1. The number of alkyl halides is 3. The molecule has 0 bridgehead atoms. The number of aromatic nitrogens is 1. The molecular formula is C22H23F4N5O7S. The summed E-state index contributed by atoms with van der Waals surface area (Å²) in [6, 6.07) is 3.65. The minimum absolute atomic E-state index is 0.161. The standard InChI is InChI=1S/C20H22FN5O5S.C2HF3O2/c1-30-16(27)10-24-18(28)11-4-6-26(7-5-11)20-25-9-15(32-20)19(29)31-14-3-2-12(17(22)23)8-13(14)21;3-2(4,5)1(6)7/h2-3,8-9,11H,4-7,10H2,1H3,(H3,22,23)(H,24,28);(H,6,7). The lowest BCUT2D eigenvalue weighted by Gasteiger charge is -2.30. The third-order valence-electron chi connectivity index (χ3n) is 5.15. The molecule has 39 heavy (non-hydrogen) atoms. The molecule has 1 aliphatic rings. The van der Waals surface area contributed by atoms with Crippen LogP contribution in [0.3, 0.4) is 0 Å². The normalized spacial score (nSPS) is 13.5. The van der Waals surface area contributed by atoms with Gasteiger partial charge in [-0.25, -0.2) is 19.0 Å².